The normalized spacial score (nSPS) is 16.5. The Balaban J connectivity index is 1.39. The average Bonchev–Trinajstić information content (AvgIpc) is 3.64. The molecule has 3 N–H and O–H groups in total. The molecule has 182 valence electrons. The fourth-order valence-electron chi connectivity index (χ4n) is 4.86. The number of hydrogen-bond acceptors (Lipinski definition) is 4. The van der Waals surface area contributed by atoms with Gasteiger partial charge in [0.05, 0.1) is 5.54 Å². The van der Waals surface area contributed by atoms with Crippen LogP contribution in [0.25, 0.3) is 11.1 Å². The first-order valence-electron chi connectivity index (χ1n) is 11.9. The van der Waals surface area contributed by atoms with Gasteiger partial charge in [0.1, 0.15) is 12.6 Å². The monoisotopic (exact) mass is 474 g/mol. The summed E-state index contributed by atoms with van der Waals surface area (Å²) in [6.07, 6.45) is 1.18. The number of carboxylic acids is 1. The van der Waals surface area contributed by atoms with Crippen LogP contribution in [0.1, 0.15) is 56.6 Å². The summed E-state index contributed by atoms with van der Waals surface area (Å²) in [5, 5.41) is 14.8. The molecule has 1 saturated carbocycles. The second-order valence-electron chi connectivity index (χ2n) is 9.41. The van der Waals surface area contributed by atoms with E-state index in [4.69, 9.17) is 4.74 Å². The number of alkyl carbamates (subject to hydrolysis) is 1. The van der Waals surface area contributed by atoms with Crippen LogP contribution in [0.2, 0.25) is 0 Å². The summed E-state index contributed by atoms with van der Waals surface area (Å²) in [5.74, 6) is 3.82. The molecule has 0 aliphatic heterocycles. The second-order valence-corrected chi connectivity index (χ2v) is 9.41. The molecule has 1 fully saturated rings. The Morgan fingerprint density at radius 1 is 1.09 bits per heavy atom. The van der Waals surface area contributed by atoms with Crippen molar-refractivity contribution in [2.24, 2.45) is 5.92 Å². The van der Waals surface area contributed by atoms with E-state index >= 15 is 0 Å². The topological polar surface area (TPSA) is 105 Å². The summed E-state index contributed by atoms with van der Waals surface area (Å²) in [4.78, 5) is 37.0. The number of aliphatic carboxylic acids is 1. The summed E-state index contributed by atoms with van der Waals surface area (Å²) in [6.45, 7) is 3.61. The molecule has 0 bridgehead atoms. The molecular formula is C28H30N2O5. The van der Waals surface area contributed by atoms with Crippen molar-refractivity contribution >= 4 is 18.0 Å². The van der Waals surface area contributed by atoms with Gasteiger partial charge in [0.2, 0.25) is 5.91 Å². The van der Waals surface area contributed by atoms with Gasteiger partial charge < -0.3 is 20.5 Å². The van der Waals surface area contributed by atoms with Gasteiger partial charge in [-0.3, -0.25) is 4.79 Å². The number of benzene rings is 2. The number of carbonyl (C=O) groups is 3. The Hall–Kier alpha value is -3.79. The van der Waals surface area contributed by atoms with E-state index in [-0.39, 0.29) is 31.3 Å². The lowest BCUT2D eigenvalue weighted by atomic mass is 9.91. The average molecular weight is 475 g/mol. The van der Waals surface area contributed by atoms with E-state index in [0.717, 1.165) is 35.1 Å². The van der Waals surface area contributed by atoms with Crippen molar-refractivity contribution < 1.29 is 24.2 Å². The first-order chi connectivity index (χ1) is 16.8. The minimum Gasteiger partial charge on any atom is -0.480 e. The van der Waals surface area contributed by atoms with Crippen molar-refractivity contribution in [1.29, 1.82) is 0 Å². The molecular weight excluding hydrogens is 444 g/mol. The van der Waals surface area contributed by atoms with E-state index in [1.54, 1.807) is 6.92 Å². The highest BCUT2D eigenvalue weighted by Crippen LogP contribution is 2.45. The Bertz CT molecular complexity index is 1150. The van der Waals surface area contributed by atoms with Crippen LogP contribution < -0.4 is 10.6 Å². The molecule has 2 atom stereocenters. The quantitative estimate of drug-likeness (QED) is 0.475. The smallest absolute Gasteiger partial charge is 0.407 e. The van der Waals surface area contributed by atoms with Crippen LogP contribution in [0.3, 0.4) is 0 Å². The Labute approximate surface area is 205 Å². The highest BCUT2D eigenvalue weighted by Gasteiger charge is 2.45. The van der Waals surface area contributed by atoms with E-state index in [0.29, 0.717) is 0 Å². The van der Waals surface area contributed by atoms with Gasteiger partial charge in [0.15, 0.2) is 0 Å². The maximum atomic E-state index is 12.8. The molecule has 2 amide bonds. The Kier molecular flexibility index (Phi) is 7.11. The molecule has 0 spiro atoms. The minimum atomic E-state index is -1.14. The summed E-state index contributed by atoms with van der Waals surface area (Å²) in [7, 11) is 0. The number of hydrogen-bond donors (Lipinski definition) is 3. The molecule has 0 radical (unpaired) electrons. The lowest BCUT2D eigenvalue weighted by molar-refractivity contribution is -0.141. The van der Waals surface area contributed by atoms with Gasteiger partial charge in [0.25, 0.3) is 0 Å². The van der Waals surface area contributed by atoms with Gasteiger partial charge in [0, 0.05) is 18.8 Å². The molecule has 2 aliphatic rings. The van der Waals surface area contributed by atoms with Gasteiger partial charge in [-0.15, -0.1) is 11.8 Å². The number of carbonyl (C=O) groups excluding carboxylic acids is 2. The zero-order valence-corrected chi connectivity index (χ0v) is 20.0. The fraction of sp³-hybridized carbons (Fsp3) is 0.393. The van der Waals surface area contributed by atoms with E-state index in [2.05, 4.69) is 46.7 Å². The number of ether oxygens (including phenoxy) is 1. The maximum Gasteiger partial charge on any atom is 0.407 e. The van der Waals surface area contributed by atoms with E-state index in [9.17, 15) is 19.5 Å². The predicted molar refractivity (Wildman–Crippen MR) is 132 cm³/mol. The van der Waals surface area contributed by atoms with Crippen LogP contribution in [0.4, 0.5) is 4.79 Å². The van der Waals surface area contributed by atoms with Crippen molar-refractivity contribution in [2.45, 2.75) is 57.0 Å². The van der Waals surface area contributed by atoms with Gasteiger partial charge in [-0.05, 0) is 54.9 Å². The van der Waals surface area contributed by atoms with Gasteiger partial charge in [-0.2, -0.15) is 0 Å². The lowest BCUT2D eigenvalue weighted by Crippen LogP contribution is -2.52. The van der Waals surface area contributed by atoms with Crippen LogP contribution in [0, 0.1) is 17.8 Å². The van der Waals surface area contributed by atoms with Crippen molar-refractivity contribution in [3.8, 4) is 23.0 Å². The van der Waals surface area contributed by atoms with E-state index in [1.807, 2.05) is 31.2 Å². The third-order valence-corrected chi connectivity index (χ3v) is 6.85. The first-order valence-corrected chi connectivity index (χ1v) is 11.9. The summed E-state index contributed by atoms with van der Waals surface area (Å²) in [6, 6.07) is 15.1. The summed E-state index contributed by atoms with van der Waals surface area (Å²) in [5.41, 5.74) is 3.72. The molecule has 2 aromatic rings. The zero-order chi connectivity index (χ0) is 25.0. The number of carboxylic acid groups (broad SMARTS) is 1. The lowest BCUT2D eigenvalue weighted by Gasteiger charge is -2.30. The van der Waals surface area contributed by atoms with Crippen LogP contribution in [-0.2, 0) is 14.3 Å². The first kappa shape index (κ1) is 24.3. The van der Waals surface area contributed by atoms with Gasteiger partial charge >= 0.3 is 12.1 Å². The van der Waals surface area contributed by atoms with Gasteiger partial charge in [-0.1, -0.05) is 48.5 Å². The van der Waals surface area contributed by atoms with Crippen molar-refractivity contribution in [2.75, 3.05) is 6.61 Å². The van der Waals surface area contributed by atoms with Crippen LogP contribution in [0.5, 0.6) is 0 Å². The van der Waals surface area contributed by atoms with E-state index < -0.39 is 29.6 Å². The SMILES string of the molecule is CC#CCC(NC(=O)CC(C)(NC(=O)OCC1c2ccccc2-c2ccccc21)C1CC1)C(=O)O. The van der Waals surface area contributed by atoms with Crippen molar-refractivity contribution in [3.05, 3.63) is 59.7 Å². The largest absolute Gasteiger partial charge is 0.480 e. The molecule has 7 nitrogen and oxygen atoms in total. The zero-order valence-electron chi connectivity index (χ0n) is 20.0. The van der Waals surface area contributed by atoms with E-state index in [1.165, 1.54) is 0 Å². The highest BCUT2D eigenvalue weighted by molar-refractivity contribution is 5.85. The van der Waals surface area contributed by atoms with Crippen LogP contribution >= 0.6 is 0 Å². The molecule has 2 unspecified atom stereocenters. The number of amides is 2. The highest BCUT2D eigenvalue weighted by atomic mass is 16.5. The van der Waals surface area contributed by atoms with Crippen LogP contribution in [-0.4, -0.2) is 41.3 Å². The number of fused-ring (bicyclic) bond motifs is 3. The molecule has 35 heavy (non-hydrogen) atoms. The molecule has 4 rings (SSSR count). The second kappa shape index (κ2) is 10.2. The molecule has 7 heteroatoms. The third kappa shape index (κ3) is 5.48. The maximum absolute atomic E-state index is 12.8. The molecule has 0 aromatic heterocycles. The van der Waals surface area contributed by atoms with Crippen LogP contribution in [0.15, 0.2) is 48.5 Å². The van der Waals surface area contributed by atoms with Crippen molar-refractivity contribution in [1.82, 2.24) is 10.6 Å². The predicted octanol–water partition coefficient (Wildman–Crippen LogP) is 4.07. The third-order valence-electron chi connectivity index (χ3n) is 6.85. The molecule has 0 heterocycles. The Morgan fingerprint density at radius 3 is 2.23 bits per heavy atom. The standard InChI is InChI=1S/C28H30N2O5/c1-3-4-13-24(26(32)33)29-25(31)16-28(2,18-14-15-18)30-27(34)35-17-23-21-11-7-5-9-19(21)20-10-6-8-12-22(20)23/h5-12,18,23-24H,13-17H2,1-2H3,(H,29,31)(H,30,34)(H,32,33). The number of rotatable bonds is 9. The minimum absolute atomic E-state index is 0.0253. The summed E-state index contributed by atoms with van der Waals surface area (Å²) >= 11 is 0. The fourth-order valence-corrected chi connectivity index (χ4v) is 4.86. The Morgan fingerprint density at radius 2 is 1.69 bits per heavy atom. The molecule has 2 aliphatic carbocycles. The molecule has 0 saturated heterocycles. The summed E-state index contributed by atoms with van der Waals surface area (Å²) < 4.78 is 5.67. The van der Waals surface area contributed by atoms with Gasteiger partial charge in [-0.25, -0.2) is 9.59 Å². The number of nitrogens with one attached hydrogen (secondary N) is 2. The van der Waals surface area contributed by atoms with Crippen molar-refractivity contribution in [3.63, 3.8) is 0 Å². The molecule has 2 aromatic carbocycles.